The Morgan fingerprint density at radius 1 is 1.36 bits per heavy atom. The summed E-state index contributed by atoms with van der Waals surface area (Å²) < 4.78 is 0. The third-order valence-electron chi connectivity index (χ3n) is 2.00. The highest BCUT2D eigenvalue weighted by molar-refractivity contribution is 6.05. The zero-order chi connectivity index (χ0) is 10.4. The van der Waals surface area contributed by atoms with E-state index in [-0.39, 0.29) is 5.78 Å². The first kappa shape index (κ1) is 10.5. The fourth-order valence-corrected chi connectivity index (χ4v) is 1.03. The summed E-state index contributed by atoms with van der Waals surface area (Å²) in [4.78, 5) is 11.4. The van der Waals surface area contributed by atoms with Crippen molar-refractivity contribution in [1.82, 2.24) is 0 Å². The Morgan fingerprint density at radius 2 is 2.00 bits per heavy atom. The lowest BCUT2D eigenvalue weighted by molar-refractivity contribution is -0.111. The maximum absolute atomic E-state index is 11.4. The molecule has 0 aromatic heterocycles. The van der Waals surface area contributed by atoms with Crippen molar-refractivity contribution >= 4 is 11.9 Å². The Kier molecular flexibility index (Phi) is 3.86. The third-order valence-corrected chi connectivity index (χ3v) is 2.00. The van der Waals surface area contributed by atoms with E-state index in [2.05, 4.69) is 6.58 Å². The van der Waals surface area contributed by atoms with E-state index in [9.17, 15) is 4.79 Å². The van der Waals surface area contributed by atoms with Crippen LogP contribution >= 0.6 is 0 Å². The number of carbonyl (C=O) groups excluding carboxylic acids is 1. The van der Waals surface area contributed by atoms with Crippen LogP contribution in [-0.2, 0) is 4.79 Å². The van der Waals surface area contributed by atoms with Gasteiger partial charge in [-0.15, -0.1) is 0 Å². The molecule has 1 aromatic rings. The van der Waals surface area contributed by atoms with Gasteiger partial charge in [-0.2, -0.15) is 0 Å². The van der Waals surface area contributed by atoms with E-state index in [1.807, 2.05) is 43.3 Å². The number of carbonyl (C=O) groups is 1. The molecule has 0 heterocycles. The van der Waals surface area contributed by atoms with Gasteiger partial charge in [0.1, 0.15) is 0 Å². The summed E-state index contributed by atoms with van der Waals surface area (Å²) in [6.07, 6.45) is 4.09. The van der Waals surface area contributed by atoms with Crippen LogP contribution in [0.25, 0.3) is 6.08 Å². The van der Waals surface area contributed by atoms with Gasteiger partial charge in [-0.05, 0) is 23.6 Å². The van der Waals surface area contributed by atoms with Crippen LogP contribution < -0.4 is 0 Å². The van der Waals surface area contributed by atoms with Gasteiger partial charge in [0.25, 0.3) is 0 Å². The van der Waals surface area contributed by atoms with Gasteiger partial charge in [-0.3, -0.25) is 4.79 Å². The topological polar surface area (TPSA) is 17.1 Å². The molecule has 1 nitrogen and oxygen atoms in total. The Morgan fingerprint density at radius 3 is 2.57 bits per heavy atom. The molecule has 0 fully saturated rings. The summed E-state index contributed by atoms with van der Waals surface area (Å²) >= 11 is 0. The molecule has 1 rings (SSSR count). The minimum atomic E-state index is 0.0105. The Labute approximate surface area is 84.8 Å². The van der Waals surface area contributed by atoms with Gasteiger partial charge in [0.05, 0.1) is 0 Å². The second-order valence-corrected chi connectivity index (χ2v) is 3.07. The summed E-state index contributed by atoms with van der Waals surface area (Å²) in [6.45, 7) is 5.61. The van der Waals surface area contributed by atoms with Crippen molar-refractivity contribution < 1.29 is 4.79 Å². The van der Waals surface area contributed by atoms with Crippen molar-refractivity contribution in [3.8, 4) is 0 Å². The van der Waals surface area contributed by atoms with Crippen LogP contribution in [0.3, 0.4) is 0 Å². The number of allylic oxidation sites excluding steroid dienone is 2. The third kappa shape index (κ3) is 3.02. The zero-order valence-electron chi connectivity index (χ0n) is 8.36. The summed E-state index contributed by atoms with van der Waals surface area (Å²) in [6, 6.07) is 9.75. The average molecular weight is 186 g/mol. The largest absolute Gasteiger partial charge is 0.290 e. The van der Waals surface area contributed by atoms with Crippen molar-refractivity contribution in [2.24, 2.45) is 0 Å². The normalized spacial score (nSPS) is 10.4. The Balaban J connectivity index is 2.65. The van der Waals surface area contributed by atoms with Crippen molar-refractivity contribution in [1.29, 1.82) is 0 Å². The lowest BCUT2D eigenvalue weighted by atomic mass is 10.1. The van der Waals surface area contributed by atoms with Crippen LogP contribution in [0.2, 0.25) is 0 Å². The van der Waals surface area contributed by atoms with E-state index < -0.39 is 0 Å². The van der Waals surface area contributed by atoms with E-state index in [1.54, 1.807) is 6.08 Å². The number of rotatable bonds is 4. The van der Waals surface area contributed by atoms with E-state index in [0.717, 1.165) is 5.56 Å². The molecule has 0 atom stereocenters. The maximum Gasteiger partial charge on any atom is 0.181 e. The molecule has 0 N–H and O–H groups in total. The van der Waals surface area contributed by atoms with Gasteiger partial charge in [0.15, 0.2) is 5.78 Å². The van der Waals surface area contributed by atoms with Crippen LogP contribution in [0, 0.1) is 0 Å². The Hall–Kier alpha value is -1.63. The number of hydrogen-bond acceptors (Lipinski definition) is 1. The summed E-state index contributed by atoms with van der Waals surface area (Å²) in [7, 11) is 0. The molecule has 0 saturated heterocycles. The van der Waals surface area contributed by atoms with E-state index in [1.165, 1.54) is 0 Å². The number of benzene rings is 1. The number of hydrogen-bond donors (Lipinski definition) is 0. The fraction of sp³-hybridized carbons (Fsp3) is 0.154. The van der Waals surface area contributed by atoms with E-state index >= 15 is 0 Å². The molecule has 0 aliphatic carbocycles. The van der Waals surface area contributed by atoms with Gasteiger partial charge >= 0.3 is 0 Å². The minimum absolute atomic E-state index is 0.0105. The highest BCUT2D eigenvalue weighted by Crippen LogP contribution is 2.04. The highest BCUT2D eigenvalue weighted by atomic mass is 16.1. The van der Waals surface area contributed by atoms with Crippen molar-refractivity contribution in [2.75, 3.05) is 0 Å². The minimum Gasteiger partial charge on any atom is -0.290 e. The van der Waals surface area contributed by atoms with Gasteiger partial charge in [0.2, 0.25) is 0 Å². The van der Waals surface area contributed by atoms with Gasteiger partial charge in [0, 0.05) is 0 Å². The van der Waals surface area contributed by atoms with E-state index in [0.29, 0.717) is 12.0 Å². The quantitative estimate of drug-likeness (QED) is 0.660. The molecule has 1 aromatic carbocycles. The maximum atomic E-state index is 11.4. The van der Waals surface area contributed by atoms with Crippen molar-refractivity contribution in [3.63, 3.8) is 0 Å². The second-order valence-electron chi connectivity index (χ2n) is 3.07. The molecular formula is C13H14O. The standard InChI is InChI=1S/C13H14O/c1-3-11(2)13(14)10-9-12-7-5-4-6-8-12/h4-10H,2-3H2,1H3/b10-9+. The van der Waals surface area contributed by atoms with E-state index in [4.69, 9.17) is 0 Å². The molecule has 72 valence electrons. The Bertz CT molecular complexity index is 347. The van der Waals surface area contributed by atoms with Crippen LogP contribution in [0.4, 0.5) is 0 Å². The van der Waals surface area contributed by atoms with Crippen LogP contribution in [-0.4, -0.2) is 5.78 Å². The summed E-state index contributed by atoms with van der Waals surface area (Å²) in [5, 5.41) is 0. The van der Waals surface area contributed by atoms with Crippen LogP contribution in [0.15, 0.2) is 48.6 Å². The monoisotopic (exact) mass is 186 g/mol. The molecule has 0 unspecified atom stereocenters. The zero-order valence-corrected chi connectivity index (χ0v) is 8.36. The van der Waals surface area contributed by atoms with Gasteiger partial charge < -0.3 is 0 Å². The summed E-state index contributed by atoms with van der Waals surface area (Å²) in [5.74, 6) is 0.0105. The van der Waals surface area contributed by atoms with Crippen molar-refractivity contribution in [3.05, 3.63) is 54.1 Å². The van der Waals surface area contributed by atoms with Crippen LogP contribution in [0.1, 0.15) is 18.9 Å². The molecule has 0 aliphatic rings. The predicted molar refractivity (Wildman–Crippen MR) is 59.9 cm³/mol. The number of ketones is 1. The predicted octanol–water partition coefficient (Wildman–Crippen LogP) is 3.24. The van der Waals surface area contributed by atoms with Crippen molar-refractivity contribution in [2.45, 2.75) is 13.3 Å². The first-order valence-corrected chi connectivity index (χ1v) is 4.69. The molecule has 0 amide bonds. The molecule has 0 spiro atoms. The molecule has 0 aliphatic heterocycles. The fourth-order valence-electron chi connectivity index (χ4n) is 1.03. The molecule has 0 bridgehead atoms. The molecular weight excluding hydrogens is 172 g/mol. The lowest BCUT2D eigenvalue weighted by Gasteiger charge is -1.94. The SMILES string of the molecule is C=C(CC)C(=O)/C=C/c1ccccc1. The highest BCUT2D eigenvalue weighted by Gasteiger charge is 1.98. The molecule has 0 saturated carbocycles. The molecule has 0 radical (unpaired) electrons. The molecule has 1 heteroatoms. The van der Waals surface area contributed by atoms with Gasteiger partial charge in [-0.1, -0.05) is 49.9 Å². The lowest BCUT2D eigenvalue weighted by Crippen LogP contribution is -1.94. The van der Waals surface area contributed by atoms with Crippen LogP contribution in [0.5, 0.6) is 0 Å². The summed E-state index contributed by atoms with van der Waals surface area (Å²) in [5.41, 5.74) is 1.68. The average Bonchev–Trinajstić information content (AvgIpc) is 2.26. The van der Waals surface area contributed by atoms with Gasteiger partial charge in [-0.25, -0.2) is 0 Å². The first-order valence-electron chi connectivity index (χ1n) is 4.69. The first-order chi connectivity index (χ1) is 6.74. The molecule has 14 heavy (non-hydrogen) atoms. The second kappa shape index (κ2) is 5.18. The smallest absolute Gasteiger partial charge is 0.181 e.